The predicted molar refractivity (Wildman–Crippen MR) is 92.9 cm³/mol. The molecule has 2 saturated heterocycles. The molecule has 120 valence electrons. The van der Waals surface area contributed by atoms with Gasteiger partial charge in [-0.2, -0.15) is 0 Å². The van der Waals surface area contributed by atoms with Crippen molar-refractivity contribution in [3.8, 4) is 0 Å². The molecule has 0 N–H and O–H groups in total. The maximum absolute atomic E-state index is 12.6. The molecule has 0 aromatic heterocycles. The van der Waals surface area contributed by atoms with Crippen LogP contribution in [-0.2, 0) is 11.2 Å². The highest BCUT2D eigenvalue weighted by Crippen LogP contribution is 2.22. The fourth-order valence-corrected chi connectivity index (χ4v) is 4.15. The van der Waals surface area contributed by atoms with Crippen molar-refractivity contribution in [2.24, 2.45) is 0 Å². The van der Waals surface area contributed by atoms with Crippen molar-refractivity contribution in [3.05, 3.63) is 34.3 Å². The van der Waals surface area contributed by atoms with Gasteiger partial charge in [0.1, 0.15) is 0 Å². The van der Waals surface area contributed by atoms with Crippen LogP contribution in [0.25, 0.3) is 0 Å². The quantitative estimate of drug-likeness (QED) is 0.798. The van der Waals surface area contributed by atoms with E-state index >= 15 is 0 Å². The summed E-state index contributed by atoms with van der Waals surface area (Å²) >= 11 is 3.49. The van der Waals surface area contributed by atoms with E-state index in [0.29, 0.717) is 18.4 Å². The molecule has 2 aliphatic rings. The summed E-state index contributed by atoms with van der Waals surface area (Å²) in [6.45, 7) is 4.48. The van der Waals surface area contributed by atoms with E-state index < -0.39 is 0 Å². The van der Waals surface area contributed by atoms with E-state index in [9.17, 15) is 4.79 Å². The number of hydrogen-bond acceptors (Lipinski definition) is 2. The second-order valence-corrected chi connectivity index (χ2v) is 7.44. The van der Waals surface area contributed by atoms with Gasteiger partial charge in [-0.1, -0.05) is 28.1 Å². The van der Waals surface area contributed by atoms with Crippen LogP contribution in [0.3, 0.4) is 0 Å². The summed E-state index contributed by atoms with van der Waals surface area (Å²) in [5.41, 5.74) is 1.23. The summed E-state index contributed by atoms with van der Waals surface area (Å²) in [7, 11) is 0. The number of benzene rings is 1. The molecule has 4 heteroatoms. The normalized spacial score (nSPS) is 22.4. The number of hydrogen-bond donors (Lipinski definition) is 0. The first-order valence-corrected chi connectivity index (χ1v) is 9.28. The molecule has 2 fully saturated rings. The first-order chi connectivity index (χ1) is 10.7. The Balaban J connectivity index is 1.51. The van der Waals surface area contributed by atoms with E-state index in [1.54, 1.807) is 0 Å². The number of carbonyl (C=O) groups is 1. The van der Waals surface area contributed by atoms with Crippen molar-refractivity contribution in [1.29, 1.82) is 0 Å². The first kappa shape index (κ1) is 16.0. The Morgan fingerprint density at radius 2 is 2.00 bits per heavy atom. The smallest absolute Gasteiger partial charge is 0.223 e. The Kier molecular flexibility index (Phi) is 5.53. The molecule has 1 aromatic carbocycles. The maximum Gasteiger partial charge on any atom is 0.223 e. The van der Waals surface area contributed by atoms with Gasteiger partial charge in [0.05, 0.1) is 0 Å². The Bertz CT molecular complexity index is 514. The predicted octanol–water partition coefficient (Wildman–Crippen LogP) is 3.47. The summed E-state index contributed by atoms with van der Waals surface area (Å²) in [4.78, 5) is 17.3. The zero-order valence-electron chi connectivity index (χ0n) is 13.1. The van der Waals surface area contributed by atoms with Gasteiger partial charge in [0.15, 0.2) is 0 Å². The van der Waals surface area contributed by atoms with E-state index in [4.69, 9.17) is 0 Å². The van der Waals surface area contributed by atoms with Gasteiger partial charge in [0.25, 0.3) is 0 Å². The average molecular weight is 365 g/mol. The van der Waals surface area contributed by atoms with Crippen LogP contribution in [0.1, 0.15) is 37.7 Å². The lowest BCUT2D eigenvalue weighted by atomic mass is 10.1. The molecular weight excluding hydrogens is 340 g/mol. The minimum absolute atomic E-state index is 0.335. The maximum atomic E-state index is 12.6. The molecule has 1 aromatic rings. The fraction of sp³-hybridized carbons (Fsp3) is 0.611. The largest absolute Gasteiger partial charge is 0.338 e. The summed E-state index contributed by atoms with van der Waals surface area (Å²) in [6.07, 6.45) is 6.46. The lowest BCUT2D eigenvalue weighted by molar-refractivity contribution is -0.132. The van der Waals surface area contributed by atoms with Gasteiger partial charge in [0.2, 0.25) is 5.91 Å². The zero-order chi connectivity index (χ0) is 15.4. The zero-order valence-corrected chi connectivity index (χ0v) is 14.7. The minimum atomic E-state index is 0.335. The van der Waals surface area contributed by atoms with Crippen LogP contribution in [0.15, 0.2) is 28.7 Å². The monoisotopic (exact) mass is 364 g/mol. The second kappa shape index (κ2) is 7.60. The first-order valence-electron chi connectivity index (χ1n) is 8.48. The minimum Gasteiger partial charge on any atom is -0.338 e. The number of carbonyl (C=O) groups excluding carboxylic acids is 1. The van der Waals surface area contributed by atoms with Crippen molar-refractivity contribution < 1.29 is 4.79 Å². The molecule has 0 saturated carbocycles. The second-order valence-electron chi connectivity index (χ2n) is 6.52. The van der Waals surface area contributed by atoms with Gasteiger partial charge >= 0.3 is 0 Å². The van der Waals surface area contributed by atoms with Gasteiger partial charge in [-0.05, 0) is 62.9 Å². The Morgan fingerprint density at radius 3 is 2.77 bits per heavy atom. The fourth-order valence-electron chi connectivity index (χ4n) is 3.70. The van der Waals surface area contributed by atoms with Crippen molar-refractivity contribution >= 4 is 21.8 Å². The molecule has 3 rings (SSSR count). The van der Waals surface area contributed by atoms with E-state index in [2.05, 4.69) is 37.9 Å². The van der Waals surface area contributed by atoms with Crippen LogP contribution < -0.4 is 0 Å². The van der Waals surface area contributed by atoms with Gasteiger partial charge in [0, 0.05) is 30.0 Å². The standard InChI is InChI=1S/C18H25BrN2O/c19-16-6-3-5-15(13-16)8-9-18(22)21-12-4-7-17(21)14-20-10-1-2-11-20/h3,5-6,13,17H,1-2,4,7-12,14H2/t17-/m0/s1. The molecular formula is C18H25BrN2O. The Labute approximate surface area is 141 Å². The molecule has 3 nitrogen and oxygen atoms in total. The third kappa shape index (κ3) is 4.11. The number of aryl methyl sites for hydroxylation is 1. The SMILES string of the molecule is O=C(CCc1cccc(Br)c1)N1CCC[C@H]1CN1CCCC1. The van der Waals surface area contributed by atoms with E-state index in [1.807, 2.05) is 12.1 Å². The summed E-state index contributed by atoms with van der Waals surface area (Å²) < 4.78 is 1.09. The third-order valence-electron chi connectivity index (χ3n) is 4.88. The van der Waals surface area contributed by atoms with E-state index in [1.165, 1.54) is 44.3 Å². The van der Waals surface area contributed by atoms with Crippen LogP contribution in [0.5, 0.6) is 0 Å². The van der Waals surface area contributed by atoms with Gasteiger partial charge in [-0.25, -0.2) is 0 Å². The van der Waals surface area contributed by atoms with Crippen LogP contribution in [0.2, 0.25) is 0 Å². The highest BCUT2D eigenvalue weighted by atomic mass is 79.9. The summed E-state index contributed by atoms with van der Waals surface area (Å²) in [5, 5.41) is 0. The number of likely N-dealkylation sites (tertiary alicyclic amines) is 2. The Morgan fingerprint density at radius 1 is 1.18 bits per heavy atom. The third-order valence-corrected chi connectivity index (χ3v) is 5.37. The number of amides is 1. The average Bonchev–Trinajstić information content (AvgIpc) is 3.17. The van der Waals surface area contributed by atoms with Crippen LogP contribution >= 0.6 is 15.9 Å². The molecule has 1 amide bonds. The molecule has 2 heterocycles. The molecule has 0 radical (unpaired) electrons. The molecule has 0 bridgehead atoms. The number of nitrogens with zero attached hydrogens (tertiary/aromatic N) is 2. The summed E-state index contributed by atoms with van der Waals surface area (Å²) in [6, 6.07) is 8.73. The molecule has 22 heavy (non-hydrogen) atoms. The van der Waals surface area contributed by atoms with Gasteiger partial charge in [-0.3, -0.25) is 4.79 Å². The van der Waals surface area contributed by atoms with Crippen molar-refractivity contribution in [1.82, 2.24) is 9.80 Å². The molecule has 0 aliphatic carbocycles. The highest BCUT2D eigenvalue weighted by molar-refractivity contribution is 9.10. The lowest BCUT2D eigenvalue weighted by Crippen LogP contribution is -2.42. The van der Waals surface area contributed by atoms with Crippen molar-refractivity contribution in [2.45, 2.75) is 44.6 Å². The lowest BCUT2D eigenvalue weighted by Gasteiger charge is -2.28. The molecule has 0 spiro atoms. The van der Waals surface area contributed by atoms with Crippen LogP contribution in [-0.4, -0.2) is 47.9 Å². The van der Waals surface area contributed by atoms with E-state index in [0.717, 1.165) is 24.0 Å². The highest BCUT2D eigenvalue weighted by Gasteiger charge is 2.30. The summed E-state index contributed by atoms with van der Waals surface area (Å²) in [5.74, 6) is 0.335. The van der Waals surface area contributed by atoms with Crippen LogP contribution in [0.4, 0.5) is 0 Å². The number of halogens is 1. The molecule has 1 atom stereocenters. The Hall–Kier alpha value is -0.870. The van der Waals surface area contributed by atoms with Gasteiger partial charge < -0.3 is 9.80 Å². The topological polar surface area (TPSA) is 23.6 Å². The van der Waals surface area contributed by atoms with Crippen molar-refractivity contribution in [3.63, 3.8) is 0 Å². The van der Waals surface area contributed by atoms with Gasteiger partial charge in [-0.15, -0.1) is 0 Å². The molecule has 0 unspecified atom stereocenters. The molecule has 2 aliphatic heterocycles. The van der Waals surface area contributed by atoms with E-state index in [-0.39, 0.29) is 0 Å². The van der Waals surface area contributed by atoms with Crippen LogP contribution in [0, 0.1) is 0 Å². The van der Waals surface area contributed by atoms with Crippen molar-refractivity contribution in [2.75, 3.05) is 26.2 Å². The number of rotatable bonds is 5.